The molecule has 0 aliphatic carbocycles. The van der Waals surface area contributed by atoms with Gasteiger partial charge in [-0.1, -0.05) is 0 Å². The molecule has 0 saturated heterocycles. The van der Waals surface area contributed by atoms with Gasteiger partial charge in [-0.05, 0) is 43.5 Å². The van der Waals surface area contributed by atoms with Crippen LogP contribution in [0, 0.1) is 0 Å². The average molecular weight is 254 g/mol. The second kappa shape index (κ2) is 4.48. The summed E-state index contributed by atoms with van der Waals surface area (Å²) in [5, 5.41) is 8.71. The average Bonchev–Trinajstić information content (AvgIpc) is 2.72. The van der Waals surface area contributed by atoms with E-state index in [2.05, 4.69) is 0 Å². The van der Waals surface area contributed by atoms with Gasteiger partial charge in [0.15, 0.2) is 11.5 Å². The summed E-state index contributed by atoms with van der Waals surface area (Å²) in [6.07, 6.45) is 0.275. The van der Waals surface area contributed by atoms with Crippen molar-refractivity contribution < 1.29 is 23.8 Å². The highest BCUT2D eigenvalue weighted by atomic mass is 19.1. The molecule has 0 aromatic heterocycles. The quantitative estimate of drug-likeness (QED) is 0.897. The summed E-state index contributed by atoms with van der Waals surface area (Å²) in [4.78, 5) is 10.6. The predicted octanol–water partition coefficient (Wildman–Crippen LogP) is 2.64. The van der Waals surface area contributed by atoms with Gasteiger partial charge in [-0.2, -0.15) is 0 Å². The molecule has 0 fully saturated rings. The van der Waals surface area contributed by atoms with Crippen LogP contribution in [-0.2, 0) is 16.9 Å². The van der Waals surface area contributed by atoms with Gasteiger partial charge >= 0.3 is 5.97 Å². The molecule has 98 valence electrons. The fourth-order valence-electron chi connectivity index (χ4n) is 1.85. The normalized spacial score (nSPS) is 13.7. The molecule has 0 bridgehead atoms. The van der Waals surface area contributed by atoms with Gasteiger partial charge in [-0.3, -0.25) is 4.79 Å². The number of hydrogen-bond acceptors (Lipinski definition) is 3. The summed E-state index contributed by atoms with van der Waals surface area (Å²) in [5.41, 5.74) is -0.362. The first kappa shape index (κ1) is 12.7. The summed E-state index contributed by atoms with van der Waals surface area (Å²) in [6.45, 7) is 2.99. The second-order valence-electron chi connectivity index (χ2n) is 4.74. The van der Waals surface area contributed by atoms with Crippen molar-refractivity contribution >= 4 is 5.97 Å². The molecule has 0 atom stereocenters. The molecule has 0 radical (unpaired) electrons. The van der Waals surface area contributed by atoms with Gasteiger partial charge in [0.05, 0.1) is 0 Å². The minimum absolute atomic E-state index is 0.0219. The van der Waals surface area contributed by atoms with E-state index in [9.17, 15) is 9.18 Å². The van der Waals surface area contributed by atoms with Crippen LogP contribution in [0.15, 0.2) is 12.1 Å². The van der Waals surface area contributed by atoms with Crippen molar-refractivity contribution in [1.82, 2.24) is 0 Å². The highest BCUT2D eigenvalue weighted by Crippen LogP contribution is 2.40. The number of carboxylic acid groups (broad SMARTS) is 1. The molecule has 4 nitrogen and oxygen atoms in total. The Hall–Kier alpha value is -1.78. The van der Waals surface area contributed by atoms with Crippen molar-refractivity contribution in [1.29, 1.82) is 0 Å². The molecule has 0 unspecified atom stereocenters. The highest BCUT2D eigenvalue weighted by molar-refractivity contribution is 5.67. The van der Waals surface area contributed by atoms with E-state index < -0.39 is 11.6 Å². The number of rotatable bonds is 4. The molecule has 5 heteroatoms. The van der Waals surface area contributed by atoms with Gasteiger partial charge in [0.25, 0.3) is 0 Å². The molecule has 0 spiro atoms. The number of hydrogen-bond donors (Lipinski definition) is 1. The molecule has 0 saturated carbocycles. The third-order valence-corrected chi connectivity index (χ3v) is 2.84. The molecule has 0 amide bonds. The van der Waals surface area contributed by atoms with Crippen LogP contribution in [0.1, 0.15) is 31.4 Å². The van der Waals surface area contributed by atoms with Crippen LogP contribution in [0.5, 0.6) is 11.5 Å². The third kappa shape index (κ3) is 2.55. The maximum absolute atomic E-state index is 14.0. The van der Waals surface area contributed by atoms with Gasteiger partial charge in [-0.25, -0.2) is 4.39 Å². The van der Waals surface area contributed by atoms with E-state index >= 15 is 0 Å². The van der Waals surface area contributed by atoms with Crippen LogP contribution in [0.3, 0.4) is 0 Å². The van der Waals surface area contributed by atoms with Crippen molar-refractivity contribution in [2.24, 2.45) is 0 Å². The molecule has 1 N–H and O–H groups in total. The van der Waals surface area contributed by atoms with Crippen molar-refractivity contribution in [3.63, 3.8) is 0 Å². The molecule has 1 aliphatic heterocycles. The molecule has 2 rings (SSSR count). The van der Waals surface area contributed by atoms with E-state index in [1.54, 1.807) is 12.1 Å². The summed E-state index contributed by atoms with van der Waals surface area (Å²) < 4.78 is 24.5. The SMILES string of the molecule is CC(C)(F)c1cc(CCC(=O)O)c2c(c1)OCO2. The monoisotopic (exact) mass is 254 g/mol. The Bertz CT molecular complexity index is 477. The second-order valence-corrected chi connectivity index (χ2v) is 4.74. The summed E-state index contributed by atoms with van der Waals surface area (Å²) >= 11 is 0. The van der Waals surface area contributed by atoms with Gasteiger partial charge in [0.2, 0.25) is 6.79 Å². The van der Waals surface area contributed by atoms with Crippen LogP contribution < -0.4 is 9.47 Å². The van der Waals surface area contributed by atoms with Crippen molar-refractivity contribution in [2.45, 2.75) is 32.4 Å². The Balaban J connectivity index is 2.37. The standard InChI is InChI=1S/C13H15FO4/c1-13(2,14)9-5-8(3-4-11(15)16)12-10(6-9)17-7-18-12/h5-6H,3-4,7H2,1-2H3,(H,15,16). The number of alkyl halides is 1. The number of aliphatic carboxylic acids is 1. The minimum atomic E-state index is -1.50. The van der Waals surface area contributed by atoms with Crippen molar-refractivity contribution in [3.05, 3.63) is 23.3 Å². The molecule has 18 heavy (non-hydrogen) atoms. The van der Waals surface area contributed by atoms with Crippen molar-refractivity contribution in [2.75, 3.05) is 6.79 Å². The molecular formula is C13H15FO4. The lowest BCUT2D eigenvalue weighted by Gasteiger charge is -2.17. The molecule has 1 heterocycles. The summed E-state index contributed by atoms with van der Waals surface area (Å²) in [5.74, 6) is 0.121. The number of ether oxygens (including phenoxy) is 2. The molecule has 1 aromatic carbocycles. The van der Waals surface area contributed by atoms with Crippen LogP contribution in [0.4, 0.5) is 4.39 Å². The minimum Gasteiger partial charge on any atom is -0.481 e. The predicted molar refractivity (Wildman–Crippen MR) is 62.7 cm³/mol. The van der Waals surface area contributed by atoms with Gasteiger partial charge < -0.3 is 14.6 Å². The summed E-state index contributed by atoms with van der Waals surface area (Å²) in [6, 6.07) is 3.25. The Morgan fingerprint density at radius 3 is 2.78 bits per heavy atom. The van der Waals surface area contributed by atoms with Crippen LogP contribution in [0.2, 0.25) is 0 Å². The maximum Gasteiger partial charge on any atom is 0.303 e. The Kier molecular flexibility index (Phi) is 3.15. The zero-order valence-electron chi connectivity index (χ0n) is 10.3. The number of carboxylic acids is 1. The molecule has 1 aliphatic rings. The largest absolute Gasteiger partial charge is 0.481 e. The zero-order valence-corrected chi connectivity index (χ0v) is 10.3. The number of benzene rings is 1. The first-order chi connectivity index (χ1) is 8.38. The first-order valence-corrected chi connectivity index (χ1v) is 5.71. The molecule has 1 aromatic rings. The lowest BCUT2D eigenvalue weighted by atomic mass is 9.95. The Morgan fingerprint density at radius 1 is 1.44 bits per heavy atom. The number of aryl methyl sites for hydroxylation is 1. The smallest absolute Gasteiger partial charge is 0.303 e. The lowest BCUT2D eigenvalue weighted by molar-refractivity contribution is -0.136. The van der Waals surface area contributed by atoms with Gasteiger partial charge in [0.1, 0.15) is 5.67 Å². The van der Waals surface area contributed by atoms with E-state index in [0.717, 1.165) is 0 Å². The first-order valence-electron chi connectivity index (χ1n) is 5.71. The number of carbonyl (C=O) groups is 1. The van der Waals surface area contributed by atoms with Crippen LogP contribution in [-0.4, -0.2) is 17.9 Å². The third-order valence-electron chi connectivity index (χ3n) is 2.84. The lowest BCUT2D eigenvalue weighted by Crippen LogP contribution is -2.10. The van der Waals surface area contributed by atoms with Crippen molar-refractivity contribution in [3.8, 4) is 11.5 Å². The van der Waals surface area contributed by atoms with Gasteiger partial charge in [0, 0.05) is 6.42 Å². The fraction of sp³-hybridized carbons (Fsp3) is 0.462. The highest BCUT2D eigenvalue weighted by Gasteiger charge is 2.26. The van der Waals surface area contributed by atoms with Crippen LogP contribution >= 0.6 is 0 Å². The maximum atomic E-state index is 14.0. The summed E-state index contributed by atoms with van der Waals surface area (Å²) in [7, 11) is 0. The topological polar surface area (TPSA) is 55.8 Å². The Morgan fingerprint density at radius 2 is 2.17 bits per heavy atom. The van der Waals surface area contributed by atoms with E-state index in [1.807, 2.05) is 0 Å². The fourth-order valence-corrected chi connectivity index (χ4v) is 1.85. The van der Waals surface area contributed by atoms with E-state index in [-0.39, 0.29) is 13.2 Å². The van der Waals surface area contributed by atoms with E-state index in [1.165, 1.54) is 13.8 Å². The van der Waals surface area contributed by atoms with Crippen LogP contribution in [0.25, 0.3) is 0 Å². The number of halogens is 1. The number of fused-ring (bicyclic) bond motifs is 1. The van der Waals surface area contributed by atoms with E-state index in [4.69, 9.17) is 14.6 Å². The van der Waals surface area contributed by atoms with Gasteiger partial charge in [-0.15, -0.1) is 0 Å². The van der Waals surface area contributed by atoms with E-state index in [0.29, 0.717) is 29.0 Å². The Labute approximate surface area is 104 Å². The zero-order chi connectivity index (χ0) is 13.3. The molecular weight excluding hydrogens is 239 g/mol.